The number of nitrogens with one attached hydrogen (secondary N) is 1. The molecule has 4 rings (SSSR count). The standard InChI is InChI=1S/C25H19ClN2O5/c1-15-4-3-5-20(14-15)33-25(31)16-6-8-17(9-7-16)27-22-21(26)23(29)28(24(22)30)18-10-12-19(32-2)13-11-18/h3-14,27H,1-2H3. The molecular weight excluding hydrogens is 444 g/mol. The van der Waals surface area contributed by atoms with Gasteiger partial charge in [0.1, 0.15) is 22.2 Å². The van der Waals surface area contributed by atoms with Crippen LogP contribution in [0.5, 0.6) is 11.5 Å². The molecule has 0 aliphatic carbocycles. The minimum absolute atomic E-state index is 0.0485. The normalized spacial score (nSPS) is 13.4. The number of hydrogen-bond donors (Lipinski definition) is 1. The van der Waals surface area contributed by atoms with Gasteiger partial charge in [0.05, 0.1) is 18.4 Å². The number of rotatable bonds is 6. The highest BCUT2D eigenvalue weighted by Crippen LogP contribution is 2.31. The summed E-state index contributed by atoms with van der Waals surface area (Å²) in [4.78, 5) is 38.9. The Morgan fingerprint density at radius 1 is 0.909 bits per heavy atom. The molecule has 7 nitrogen and oxygen atoms in total. The molecule has 3 aromatic carbocycles. The molecule has 1 heterocycles. The van der Waals surface area contributed by atoms with Crippen molar-refractivity contribution in [2.75, 3.05) is 17.3 Å². The zero-order valence-corrected chi connectivity index (χ0v) is 18.6. The van der Waals surface area contributed by atoms with Crippen LogP contribution in [0.2, 0.25) is 0 Å². The van der Waals surface area contributed by atoms with Crippen LogP contribution in [0.1, 0.15) is 15.9 Å². The highest BCUT2D eigenvalue weighted by Gasteiger charge is 2.39. The zero-order chi connectivity index (χ0) is 23.5. The third kappa shape index (κ3) is 4.58. The molecule has 0 spiro atoms. The van der Waals surface area contributed by atoms with Gasteiger partial charge < -0.3 is 14.8 Å². The van der Waals surface area contributed by atoms with Crippen molar-refractivity contribution >= 4 is 40.8 Å². The summed E-state index contributed by atoms with van der Waals surface area (Å²) in [5.41, 5.74) is 2.11. The van der Waals surface area contributed by atoms with Crippen LogP contribution in [0.3, 0.4) is 0 Å². The van der Waals surface area contributed by atoms with Gasteiger partial charge in [0.2, 0.25) is 0 Å². The Kier molecular flexibility index (Phi) is 6.15. The second-order valence-electron chi connectivity index (χ2n) is 7.24. The summed E-state index contributed by atoms with van der Waals surface area (Å²) in [6.07, 6.45) is 0. The molecule has 0 aromatic heterocycles. The number of nitrogens with zero attached hydrogens (tertiary/aromatic N) is 1. The lowest BCUT2D eigenvalue weighted by Crippen LogP contribution is -2.32. The van der Waals surface area contributed by atoms with E-state index in [9.17, 15) is 14.4 Å². The molecule has 33 heavy (non-hydrogen) atoms. The molecule has 1 aliphatic heterocycles. The van der Waals surface area contributed by atoms with Crippen LogP contribution in [0.25, 0.3) is 0 Å². The van der Waals surface area contributed by atoms with Gasteiger partial charge in [0.25, 0.3) is 11.8 Å². The molecule has 0 saturated heterocycles. The Morgan fingerprint density at radius 2 is 1.61 bits per heavy atom. The zero-order valence-electron chi connectivity index (χ0n) is 17.8. The maximum atomic E-state index is 12.9. The van der Waals surface area contributed by atoms with Crippen molar-refractivity contribution in [3.05, 3.63) is 94.7 Å². The van der Waals surface area contributed by atoms with Crippen LogP contribution in [-0.4, -0.2) is 24.9 Å². The Balaban J connectivity index is 1.47. The molecule has 3 aromatic rings. The predicted octanol–water partition coefficient (Wildman–Crippen LogP) is 4.66. The molecule has 2 amide bonds. The number of methoxy groups -OCH3 is 1. The summed E-state index contributed by atoms with van der Waals surface area (Å²) in [6.45, 7) is 1.91. The lowest BCUT2D eigenvalue weighted by molar-refractivity contribution is -0.120. The van der Waals surface area contributed by atoms with E-state index >= 15 is 0 Å². The van der Waals surface area contributed by atoms with Crippen molar-refractivity contribution in [2.45, 2.75) is 6.92 Å². The largest absolute Gasteiger partial charge is 0.497 e. The molecule has 166 valence electrons. The van der Waals surface area contributed by atoms with Crippen molar-refractivity contribution in [2.24, 2.45) is 0 Å². The molecule has 8 heteroatoms. The van der Waals surface area contributed by atoms with Gasteiger partial charge in [0.15, 0.2) is 0 Å². The first-order valence-corrected chi connectivity index (χ1v) is 10.3. The van der Waals surface area contributed by atoms with Gasteiger partial charge in [-0.2, -0.15) is 0 Å². The van der Waals surface area contributed by atoms with Gasteiger partial charge in [0, 0.05) is 5.69 Å². The second-order valence-corrected chi connectivity index (χ2v) is 7.62. The number of hydrogen-bond acceptors (Lipinski definition) is 6. The number of carbonyl (C=O) groups excluding carboxylic acids is 3. The Morgan fingerprint density at radius 3 is 2.24 bits per heavy atom. The molecule has 0 atom stereocenters. The van der Waals surface area contributed by atoms with Gasteiger partial charge >= 0.3 is 5.97 Å². The van der Waals surface area contributed by atoms with E-state index in [1.807, 2.05) is 13.0 Å². The number of carbonyl (C=O) groups is 3. The quantitative estimate of drug-likeness (QED) is 0.326. The van der Waals surface area contributed by atoms with Gasteiger partial charge in [-0.05, 0) is 73.2 Å². The summed E-state index contributed by atoms with van der Waals surface area (Å²) in [5.74, 6) is -0.683. The summed E-state index contributed by atoms with van der Waals surface area (Å²) in [6, 6.07) is 19.9. The van der Waals surface area contributed by atoms with Gasteiger partial charge in [-0.1, -0.05) is 23.7 Å². The number of imide groups is 1. The van der Waals surface area contributed by atoms with Crippen molar-refractivity contribution in [3.63, 3.8) is 0 Å². The van der Waals surface area contributed by atoms with Crippen LogP contribution in [0.15, 0.2) is 83.5 Å². The predicted molar refractivity (Wildman–Crippen MR) is 125 cm³/mol. The number of benzene rings is 3. The molecular formula is C25H19ClN2O5. The van der Waals surface area contributed by atoms with Crippen LogP contribution in [0, 0.1) is 6.92 Å². The van der Waals surface area contributed by atoms with E-state index in [1.54, 1.807) is 66.7 Å². The maximum Gasteiger partial charge on any atom is 0.343 e. The summed E-state index contributed by atoms with van der Waals surface area (Å²) < 4.78 is 10.5. The molecule has 1 aliphatic rings. The molecule has 0 saturated carbocycles. The molecule has 0 bridgehead atoms. The van der Waals surface area contributed by atoms with E-state index in [0.717, 1.165) is 10.5 Å². The highest BCUT2D eigenvalue weighted by atomic mass is 35.5. The number of amides is 2. The first-order chi connectivity index (χ1) is 15.9. The van der Waals surface area contributed by atoms with Crippen molar-refractivity contribution in [1.82, 2.24) is 0 Å². The van der Waals surface area contributed by atoms with Crippen LogP contribution < -0.4 is 19.7 Å². The Bertz CT molecular complexity index is 1270. The summed E-state index contributed by atoms with van der Waals surface area (Å²) in [7, 11) is 1.52. The van der Waals surface area contributed by atoms with E-state index < -0.39 is 17.8 Å². The third-order valence-corrected chi connectivity index (χ3v) is 5.30. The maximum absolute atomic E-state index is 12.9. The van der Waals surface area contributed by atoms with Crippen LogP contribution in [0.4, 0.5) is 11.4 Å². The first kappa shape index (κ1) is 22.1. The fraction of sp³-hybridized carbons (Fsp3) is 0.0800. The third-order valence-electron chi connectivity index (χ3n) is 4.95. The van der Waals surface area contributed by atoms with Gasteiger partial charge in [-0.25, -0.2) is 9.69 Å². The average molecular weight is 463 g/mol. The number of esters is 1. The number of ether oxygens (including phenoxy) is 2. The number of halogens is 1. The fourth-order valence-corrected chi connectivity index (χ4v) is 3.47. The van der Waals surface area contributed by atoms with Crippen LogP contribution >= 0.6 is 11.6 Å². The summed E-state index contributed by atoms with van der Waals surface area (Å²) >= 11 is 6.17. The topological polar surface area (TPSA) is 84.9 Å². The monoisotopic (exact) mass is 462 g/mol. The smallest absolute Gasteiger partial charge is 0.343 e. The lowest BCUT2D eigenvalue weighted by Gasteiger charge is -2.15. The Hall–Kier alpha value is -4.10. The van der Waals surface area contributed by atoms with E-state index in [4.69, 9.17) is 21.1 Å². The van der Waals surface area contributed by atoms with E-state index in [2.05, 4.69) is 5.32 Å². The average Bonchev–Trinajstić information content (AvgIpc) is 3.02. The van der Waals surface area contributed by atoms with E-state index in [0.29, 0.717) is 28.4 Å². The van der Waals surface area contributed by atoms with Crippen LogP contribution in [-0.2, 0) is 9.59 Å². The molecule has 0 fully saturated rings. The second kappa shape index (κ2) is 9.18. The minimum atomic E-state index is -0.632. The summed E-state index contributed by atoms with van der Waals surface area (Å²) in [5, 5.41) is 2.65. The van der Waals surface area contributed by atoms with Crippen molar-refractivity contribution < 1.29 is 23.9 Å². The first-order valence-electron chi connectivity index (χ1n) is 9.96. The molecule has 0 radical (unpaired) electrons. The molecule has 0 unspecified atom stereocenters. The minimum Gasteiger partial charge on any atom is -0.497 e. The highest BCUT2D eigenvalue weighted by molar-refractivity contribution is 6.53. The van der Waals surface area contributed by atoms with Crippen molar-refractivity contribution in [3.8, 4) is 11.5 Å². The Labute approximate surface area is 195 Å². The SMILES string of the molecule is COc1ccc(N2C(=O)C(Cl)=C(Nc3ccc(C(=O)Oc4cccc(C)c4)cc3)C2=O)cc1. The number of aryl methyl sites for hydroxylation is 1. The van der Waals surface area contributed by atoms with Gasteiger partial charge in [-0.3, -0.25) is 9.59 Å². The fourth-order valence-electron chi connectivity index (χ4n) is 3.26. The molecule has 1 N–H and O–H groups in total. The van der Waals surface area contributed by atoms with E-state index in [-0.39, 0.29) is 10.7 Å². The van der Waals surface area contributed by atoms with Crippen molar-refractivity contribution in [1.29, 1.82) is 0 Å². The number of anilines is 2. The van der Waals surface area contributed by atoms with E-state index in [1.165, 1.54) is 7.11 Å². The lowest BCUT2D eigenvalue weighted by atomic mass is 10.2. The van der Waals surface area contributed by atoms with Gasteiger partial charge in [-0.15, -0.1) is 0 Å².